The lowest BCUT2D eigenvalue weighted by molar-refractivity contribution is 0.180. The van der Waals surface area contributed by atoms with E-state index in [0.29, 0.717) is 6.61 Å². The van der Waals surface area contributed by atoms with Gasteiger partial charge in [0.05, 0.1) is 6.10 Å². The number of ether oxygens (including phenoxy) is 1. The zero-order valence-electron chi connectivity index (χ0n) is 12.0. The molecule has 0 heterocycles. The van der Waals surface area contributed by atoms with Crippen LogP contribution in [-0.4, -0.2) is 5.11 Å². The van der Waals surface area contributed by atoms with E-state index < -0.39 is 0 Å². The Morgan fingerprint density at radius 2 is 2.00 bits per heavy atom. The molecule has 0 saturated carbocycles. The highest BCUT2D eigenvalue weighted by atomic mass is 16.5. The zero-order valence-corrected chi connectivity index (χ0v) is 12.0. The molecular weight excluding hydrogens is 248 g/mol. The molecule has 0 bridgehead atoms. The average molecular weight is 268 g/mol. The lowest BCUT2D eigenvalue weighted by atomic mass is 10.1. The molecule has 2 nitrogen and oxygen atoms in total. The highest BCUT2D eigenvalue weighted by Crippen LogP contribution is 2.33. The third-order valence-electron chi connectivity index (χ3n) is 4.06. The Balaban J connectivity index is 1.74. The van der Waals surface area contributed by atoms with Gasteiger partial charge in [-0.25, -0.2) is 0 Å². The molecule has 1 aliphatic carbocycles. The molecular formula is C18H20O2. The van der Waals surface area contributed by atoms with E-state index in [-0.39, 0.29) is 6.10 Å². The SMILES string of the molecule is Cc1ccc(C)c(COc2ccc3c(c2)CC[C@@H]3O)c1. The maximum atomic E-state index is 9.81. The van der Waals surface area contributed by atoms with Gasteiger partial charge in [-0.05, 0) is 61.1 Å². The molecule has 0 unspecified atom stereocenters. The molecule has 1 atom stereocenters. The minimum atomic E-state index is -0.293. The molecule has 0 aromatic heterocycles. The van der Waals surface area contributed by atoms with Crippen LogP contribution >= 0.6 is 0 Å². The Morgan fingerprint density at radius 3 is 2.85 bits per heavy atom. The van der Waals surface area contributed by atoms with Crippen LogP contribution in [-0.2, 0) is 13.0 Å². The molecule has 0 amide bonds. The number of rotatable bonds is 3. The first kappa shape index (κ1) is 13.2. The van der Waals surface area contributed by atoms with E-state index in [2.05, 4.69) is 38.1 Å². The number of aliphatic hydroxyl groups excluding tert-OH is 1. The first-order valence-electron chi connectivity index (χ1n) is 7.13. The van der Waals surface area contributed by atoms with Gasteiger partial charge in [-0.15, -0.1) is 0 Å². The quantitative estimate of drug-likeness (QED) is 0.916. The fourth-order valence-electron chi connectivity index (χ4n) is 2.78. The highest BCUT2D eigenvalue weighted by Gasteiger charge is 2.20. The topological polar surface area (TPSA) is 29.5 Å². The molecule has 2 aromatic rings. The third-order valence-corrected chi connectivity index (χ3v) is 4.06. The summed E-state index contributed by atoms with van der Waals surface area (Å²) in [4.78, 5) is 0. The molecule has 2 heteroatoms. The monoisotopic (exact) mass is 268 g/mol. The largest absolute Gasteiger partial charge is 0.489 e. The molecule has 1 N–H and O–H groups in total. The van der Waals surface area contributed by atoms with Gasteiger partial charge in [-0.1, -0.05) is 29.8 Å². The predicted octanol–water partition coefficient (Wildman–Crippen LogP) is 3.86. The second-order valence-corrected chi connectivity index (χ2v) is 5.63. The molecule has 0 fully saturated rings. The lowest BCUT2D eigenvalue weighted by Crippen LogP contribution is -1.99. The van der Waals surface area contributed by atoms with Crippen molar-refractivity contribution in [3.8, 4) is 5.75 Å². The van der Waals surface area contributed by atoms with Crippen molar-refractivity contribution in [3.63, 3.8) is 0 Å². The first-order valence-corrected chi connectivity index (χ1v) is 7.13. The van der Waals surface area contributed by atoms with Crippen molar-refractivity contribution in [1.29, 1.82) is 0 Å². The van der Waals surface area contributed by atoms with E-state index >= 15 is 0 Å². The third kappa shape index (κ3) is 2.56. The fraction of sp³-hybridized carbons (Fsp3) is 0.333. The van der Waals surface area contributed by atoms with Crippen LogP contribution in [0.15, 0.2) is 36.4 Å². The fourth-order valence-corrected chi connectivity index (χ4v) is 2.78. The van der Waals surface area contributed by atoms with Crippen LogP contribution in [0.3, 0.4) is 0 Å². The summed E-state index contributed by atoms with van der Waals surface area (Å²) >= 11 is 0. The minimum Gasteiger partial charge on any atom is -0.489 e. The zero-order chi connectivity index (χ0) is 14.1. The van der Waals surface area contributed by atoms with Crippen LogP contribution in [0.2, 0.25) is 0 Å². The van der Waals surface area contributed by atoms with Gasteiger partial charge in [0.1, 0.15) is 12.4 Å². The van der Waals surface area contributed by atoms with Gasteiger partial charge >= 0.3 is 0 Å². The Bertz CT molecular complexity index is 631. The summed E-state index contributed by atoms with van der Waals surface area (Å²) in [6.45, 7) is 4.80. The molecule has 3 rings (SSSR count). The number of aryl methyl sites for hydroxylation is 3. The van der Waals surface area contributed by atoms with Crippen LogP contribution in [0.1, 0.15) is 40.3 Å². The second-order valence-electron chi connectivity index (χ2n) is 5.63. The van der Waals surface area contributed by atoms with Crippen molar-refractivity contribution in [1.82, 2.24) is 0 Å². The van der Waals surface area contributed by atoms with E-state index in [9.17, 15) is 5.11 Å². The van der Waals surface area contributed by atoms with Gasteiger partial charge in [0.2, 0.25) is 0 Å². The van der Waals surface area contributed by atoms with Crippen LogP contribution in [0.25, 0.3) is 0 Å². The van der Waals surface area contributed by atoms with E-state index in [0.717, 1.165) is 24.2 Å². The number of hydrogen-bond donors (Lipinski definition) is 1. The summed E-state index contributed by atoms with van der Waals surface area (Å²) in [7, 11) is 0. The summed E-state index contributed by atoms with van der Waals surface area (Å²) in [5, 5.41) is 9.81. The Labute approximate surface area is 120 Å². The molecule has 0 spiro atoms. The van der Waals surface area contributed by atoms with Gasteiger partial charge in [-0.2, -0.15) is 0 Å². The smallest absolute Gasteiger partial charge is 0.120 e. The standard InChI is InChI=1S/C18H20O2/c1-12-3-4-13(2)15(9-12)11-20-16-6-7-17-14(10-16)5-8-18(17)19/h3-4,6-7,9-10,18-19H,5,8,11H2,1-2H3/t18-/m0/s1. The van der Waals surface area contributed by atoms with Gasteiger partial charge in [0, 0.05) is 0 Å². The van der Waals surface area contributed by atoms with Gasteiger partial charge < -0.3 is 9.84 Å². The van der Waals surface area contributed by atoms with Crippen molar-refractivity contribution >= 4 is 0 Å². The summed E-state index contributed by atoms with van der Waals surface area (Å²) in [5.41, 5.74) is 6.02. The lowest BCUT2D eigenvalue weighted by Gasteiger charge is -2.11. The van der Waals surface area contributed by atoms with Crippen LogP contribution in [0.5, 0.6) is 5.75 Å². The molecule has 20 heavy (non-hydrogen) atoms. The number of aliphatic hydroxyl groups is 1. The first-order chi connectivity index (χ1) is 9.63. The van der Waals surface area contributed by atoms with Crippen molar-refractivity contribution in [2.24, 2.45) is 0 Å². The summed E-state index contributed by atoms with van der Waals surface area (Å²) in [6.07, 6.45) is 1.48. The Kier molecular flexibility index (Phi) is 3.49. The van der Waals surface area contributed by atoms with E-state index in [1.165, 1.54) is 22.3 Å². The molecule has 2 aromatic carbocycles. The molecule has 0 saturated heterocycles. The molecule has 104 valence electrons. The average Bonchev–Trinajstić information content (AvgIpc) is 2.81. The normalized spacial score (nSPS) is 17.1. The van der Waals surface area contributed by atoms with Crippen molar-refractivity contribution < 1.29 is 9.84 Å². The summed E-state index contributed by atoms with van der Waals surface area (Å²) in [5.74, 6) is 0.888. The molecule has 1 aliphatic rings. The summed E-state index contributed by atoms with van der Waals surface area (Å²) in [6, 6.07) is 12.4. The van der Waals surface area contributed by atoms with Crippen molar-refractivity contribution in [2.45, 2.75) is 39.4 Å². The number of fused-ring (bicyclic) bond motifs is 1. The van der Waals surface area contributed by atoms with Gasteiger partial charge in [0.15, 0.2) is 0 Å². The highest BCUT2D eigenvalue weighted by molar-refractivity contribution is 5.40. The number of benzene rings is 2. The summed E-state index contributed by atoms with van der Waals surface area (Å²) < 4.78 is 5.91. The van der Waals surface area contributed by atoms with Gasteiger partial charge in [-0.3, -0.25) is 0 Å². The minimum absolute atomic E-state index is 0.293. The maximum Gasteiger partial charge on any atom is 0.120 e. The maximum absolute atomic E-state index is 9.81. The molecule has 0 radical (unpaired) electrons. The van der Waals surface area contributed by atoms with E-state index in [1.807, 2.05) is 12.1 Å². The van der Waals surface area contributed by atoms with Crippen molar-refractivity contribution in [3.05, 3.63) is 64.2 Å². The van der Waals surface area contributed by atoms with E-state index in [4.69, 9.17) is 4.74 Å². The Hall–Kier alpha value is -1.80. The van der Waals surface area contributed by atoms with Crippen molar-refractivity contribution in [2.75, 3.05) is 0 Å². The van der Waals surface area contributed by atoms with Crippen LogP contribution in [0.4, 0.5) is 0 Å². The van der Waals surface area contributed by atoms with E-state index in [1.54, 1.807) is 0 Å². The molecule has 0 aliphatic heterocycles. The van der Waals surface area contributed by atoms with Crippen LogP contribution in [0, 0.1) is 13.8 Å². The van der Waals surface area contributed by atoms with Crippen LogP contribution < -0.4 is 4.74 Å². The second kappa shape index (κ2) is 5.29. The number of hydrogen-bond acceptors (Lipinski definition) is 2. The predicted molar refractivity (Wildman–Crippen MR) is 80.0 cm³/mol. The Morgan fingerprint density at radius 1 is 1.15 bits per heavy atom. The van der Waals surface area contributed by atoms with Gasteiger partial charge in [0.25, 0.3) is 0 Å².